The minimum absolute atomic E-state index is 0.405. The van der Waals surface area contributed by atoms with Gasteiger partial charge in [0.15, 0.2) is 0 Å². The zero-order chi connectivity index (χ0) is 9.30. The van der Waals surface area contributed by atoms with Crippen LogP contribution >= 0.6 is 34.2 Å². The summed E-state index contributed by atoms with van der Waals surface area (Å²) >= 11 is 7.87. The highest BCUT2D eigenvalue weighted by Gasteiger charge is 2.10. The molecule has 1 amide bonds. The van der Waals surface area contributed by atoms with E-state index in [4.69, 9.17) is 17.3 Å². The molecular formula is C8H7ClINO. The predicted octanol–water partition coefficient (Wildman–Crippen LogP) is 2.35. The van der Waals surface area contributed by atoms with Crippen molar-refractivity contribution >= 4 is 40.1 Å². The molecule has 12 heavy (non-hydrogen) atoms. The zero-order valence-electron chi connectivity index (χ0n) is 6.40. The van der Waals surface area contributed by atoms with Gasteiger partial charge in [-0.05, 0) is 47.2 Å². The van der Waals surface area contributed by atoms with Crippen molar-refractivity contribution in [1.29, 1.82) is 0 Å². The molecule has 0 aliphatic rings. The number of carbonyl (C=O) groups excluding carboxylic acids is 1. The molecule has 1 rings (SSSR count). The Labute approximate surface area is 89.2 Å². The molecule has 0 fully saturated rings. The Bertz CT molecular complexity index is 315. The number of carbonyl (C=O) groups is 1. The van der Waals surface area contributed by atoms with Crippen molar-refractivity contribution in [2.75, 3.05) is 0 Å². The molecule has 0 spiro atoms. The number of rotatable bonds is 1. The van der Waals surface area contributed by atoms with Crippen molar-refractivity contribution in [2.45, 2.75) is 6.92 Å². The molecule has 0 heterocycles. The van der Waals surface area contributed by atoms with Crippen LogP contribution in [0.1, 0.15) is 15.9 Å². The third-order valence-corrected chi connectivity index (χ3v) is 2.58. The number of benzene rings is 1. The van der Waals surface area contributed by atoms with Gasteiger partial charge in [0.1, 0.15) is 0 Å². The molecule has 2 N–H and O–H groups in total. The van der Waals surface area contributed by atoms with E-state index < -0.39 is 5.91 Å². The number of halogens is 2. The SMILES string of the molecule is Cc1cc(Cl)c(C(N)=O)c(I)c1. The van der Waals surface area contributed by atoms with Crippen LogP contribution in [0.2, 0.25) is 5.02 Å². The summed E-state index contributed by atoms with van der Waals surface area (Å²) in [6.07, 6.45) is 0. The summed E-state index contributed by atoms with van der Waals surface area (Å²) < 4.78 is 0.796. The Kier molecular flexibility index (Phi) is 2.95. The fraction of sp³-hybridized carbons (Fsp3) is 0.125. The zero-order valence-corrected chi connectivity index (χ0v) is 9.31. The summed E-state index contributed by atoms with van der Waals surface area (Å²) in [4.78, 5) is 10.9. The van der Waals surface area contributed by atoms with E-state index in [9.17, 15) is 4.79 Å². The van der Waals surface area contributed by atoms with Crippen LogP contribution < -0.4 is 5.73 Å². The summed E-state index contributed by atoms with van der Waals surface area (Å²) in [5.41, 5.74) is 6.57. The van der Waals surface area contributed by atoms with Crippen LogP contribution in [-0.2, 0) is 0 Å². The van der Waals surface area contributed by atoms with E-state index in [1.54, 1.807) is 6.07 Å². The van der Waals surface area contributed by atoms with Crippen molar-refractivity contribution in [3.8, 4) is 0 Å². The van der Waals surface area contributed by atoms with Gasteiger partial charge in [-0.1, -0.05) is 11.6 Å². The Balaban J connectivity index is 3.38. The topological polar surface area (TPSA) is 43.1 Å². The highest BCUT2D eigenvalue weighted by Crippen LogP contribution is 2.23. The molecule has 0 saturated carbocycles. The minimum Gasteiger partial charge on any atom is -0.366 e. The van der Waals surface area contributed by atoms with Crippen LogP contribution in [0.3, 0.4) is 0 Å². The van der Waals surface area contributed by atoms with Gasteiger partial charge in [-0.2, -0.15) is 0 Å². The van der Waals surface area contributed by atoms with Crippen LogP contribution in [0.4, 0.5) is 0 Å². The molecule has 0 aliphatic carbocycles. The predicted molar refractivity (Wildman–Crippen MR) is 57.4 cm³/mol. The van der Waals surface area contributed by atoms with Crippen LogP contribution in [0.25, 0.3) is 0 Å². The average molecular weight is 296 g/mol. The van der Waals surface area contributed by atoms with Crippen molar-refractivity contribution in [2.24, 2.45) is 5.73 Å². The number of hydrogen-bond donors (Lipinski definition) is 1. The van der Waals surface area contributed by atoms with Crippen LogP contribution in [0.5, 0.6) is 0 Å². The van der Waals surface area contributed by atoms with Gasteiger partial charge in [0, 0.05) is 3.57 Å². The molecule has 0 atom stereocenters. The molecule has 1 aromatic rings. The van der Waals surface area contributed by atoms with E-state index >= 15 is 0 Å². The molecule has 0 saturated heterocycles. The summed E-state index contributed by atoms with van der Waals surface area (Å²) in [5, 5.41) is 0.423. The molecule has 2 nitrogen and oxygen atoms in total. The molecule has 4 heteroatoms. The largest absolute Gasteiger partial charge is 0.366 e. The second kappa shape index (κ2) is 3.62. The molecular weight excluding hydrogens is 288 g/mol. The second-order valence-electron chi connectivity index (χ2n) is 2.47. The van der Waals surface area contributed by atoms with Gasteiger partial charge in [-0.3, -0.25) is 4.79 Å². The van der Waals surface area contributed by atoms with Gasteiger partial charge in [0.05, 0.1) is 10.6 Å². The van der Waals surface area contributed by atoms with Gasteiger partial charge in [0.25, 0.3) is 5.91 Å². The first-order chi connectivity index (χ1) is 5.52. The standard InChI is InChI=1S/C8H7ClINO/c1-4-2-5(9)7(8(11)12)6(10)3-4/h2-3H,1H3,(H2,11,12). The lowest BCUT2D eigenvalue weighted by Crippen LogP contribution is -2.13. The van der Waals surface area contributed by atoms with Gasteiger partial charge in [0.2, 0.25) is 0 Å². The first-order valence-electron chi connectivity index (χ1n) is 3.28. The molecule has 64 valence electrons. The van der Waals surface area contributed by atoms with E-state index in [0.29, 0.717) is 10.6 Å². The Morgan fingerprint density at radius 1 is 1.58 bits per heavy atom. The molecule has 0 aliphatic heterocycles. The second-order valence-corrected chi connectivity index (χ2v) is 4.04. The van der Waals surface area contributed by atoms with Crippen molar-refractivity contribution in [3.63, 3.8) is 0 Å². The van der Waals surface area contributed by atoms with Crippen LogP contribution in [-0.4, -0.2) is 5.91 Å². The van der Waals surface area contributed by atoms with Crippen LogP contribution in [0, 0.1) is 10.5 Å². The van der Waals surface area contributed by atoms with E-state index in [2.05, 4.69) is 0 Å². The lowest BCUT2D eigenvalue weighted by atomic mass is 10.1. The third-order valence-electron chi connectivity index (χ3n) is 1.43. The van der Waals surface area contributed by atoms with Gasteiger partial charge >= 0.3 is 0 Å². The van der Waals surface area contributed by atoms with Gasteiger partial charge in [-0.25, -0.2) is 0 Å². The number of hydrogen-bond acceptors (Lipinski definition) is 1. The van der Waals surface area contributed by atoms with Crippen molar-refractivity contribution in [3.05, 3.63) is 31.9 Å². The van der Waals surface area contributed by atoms with E-state index in [-0.39, 0.29) is 0 Å². The summed E-state index contributed by atoms with van der Waals surface area (Å²) in [7, 11) is 0. The van der Waals surface area contributed by atoms with E-state index in [1.807, 2.05) is 35.6 Å². The number of amides is 1. The van der Waals surface area contributed by atoms with Gasteiger partial charge < -0.3 is 5.73 Å². The van der Waals surface area contributed by atoms with Crippen molar-refractivity contribution in [1.82, 2.24) is 0 Å². The fourth-order valence-electron chi connectivity index (χ4n) is 0.935. The number of aryl methyl sites for hydroxylation is 1. The molecule has 1 aromatic carbocycles. The highest BCUT2D eigenvalue weighted by atomic mass is 127. The van der Waals surface area contributed by atoms with E-state index in [1.165, 1.54) is 0 Å². The first-order valence-corrected chi connectivity index (χ1v) is 4.73. The highest BCUT2D eigenvalue weighted by molar-refractivity contribution is 14.1. The monoisotopic (exact) mass is 295 g/mol. The quantitative estimate of drug-likeness (QED) is 0.794. The summed E-state index contributed by atoms with van der Waals surface area (Å²) in [6.45, 7) is 1.92. The number of primary amides is 1. The molecule has 0 radical (unpaired) electrons. The Morgan fingerprint density at radius 3 is 2.58 bits per heavy atom. The Hall–Kier alpha value is -0.290. The fourth-order valence-corrected chi connectivity index (χ4v) is 2.51. The number of nitrogens with two attached hydrogens (primary N) is 1. The lowest BCUT2D eigenvalue weighted by molar-refractivity contribution is 0.0999. The minimum atomic E-state index is -0.482. The molecule has 0 aromatic heterocycles. The third kappa shape index (κ3) is 1.90. The molecule has 0 bridgehead atoms. The maximum atomic E-state index is 10.9. The lowest BCUT2D eigenvalue weighted by Gasteiger charge is -2.03. The normalized spacial score (nSPS) is 9.92. The molecule has 0 unspecified atom stereocenters. The summed E-state index contributed by atoms with van der Waals surface area (Å²) in [6, 6.07) is 3.59. The summed E-state index contributed by atoms with van der Waals surface area (Å²) in [5.74, 6) is -0.482. The van der Waals surface area contributed by atoms with Crippen LogP contribution in [0.15, 0.2) is 12.1 Å². The van der Waals surface area contributed by atoms with Crippen molar-refractivity contribution < 1.29 is 4.79 Å². The van der Waals surface area contributed by atoms with E-state index in [0.717, 1.165) is 9.13 Å². The maximum Gasteiger partial charge on any atom is 0.251 e. The smallest absolute Gasteiger partial charge is 0.251 e. The maximum absolute atomic E-state index is 10.9. The first kappa shape index (κ1) is 9.80. The average Bonchev–Trinajstić information content (AvgIpc) is 1.82. The van der Waals surface area contributed by atoms with Gasteiger partial charge in [-0.15, -0.1) is 0 Å². The Morgan fingerprint density at radius 2 is 2.17 bits per heavy atom.